The van der Waals surface area contributed by atoms with Gasteiger partial charge in [0.2, 0.25) is 12.4 Å². The van der Waals surface area contributed by atoms with E-state index >= 15 is 0 Å². The third kappa shape index (κ3) is 6.44. The molecule has 3 rings (SSSR count). The predicted molar refractivity (Wildman–Crippen MR) is 127 cm³/mol. The summed E-state index contributed by atoms with van der Waals surface area (Å²) in [6.07, 6.45) is -9.87. The number of aliphatic hydroxyl groups excluding tert-OH is 1. The number of carboxylic acids is 1. The Bertz CT molecular complexity index is 1230. The van der Waals surface area contributed by atoms with Crippen LogP contribution in [0.15, 0.2) is 48.5 Å². The Morgan fingerprint density at radius 3 is 2.03 bits per heavy atom. The van der Waals surface area contributed by atoms with Crippen LogP contribution in [0.5, 0.6) is 0 Å². The zero-order valence-electron chi connectivity index (χ0n) is 20.5. The molecule has 2 aromatic carbocycles. The molecule has 0 saturated carbocycles. The van der Waals surface area contributed by atoms with E-state index in [1.807, 2.05) is 0 Å². The lowest BCUT2D eigenvalue weighted by atomic mass is 9.98. The minimum Gasteiger partial charge on any atom is -0.478 e. The largest absolute Gasteiger partial charge is 0.478 e. The molecule has 1 amide bonds. The normalized spacial score (nSPS) is 22.5. The third-order valence-corrected chi connectivity index (χ3v) is 5.39. The predicted octanol–water partition coefficient (Wildman–Crippen LogP) is 1.72. The van der Waals surface area contributed by atoms with Gasteiger partial charge in [0, 0.05) is 19.4 Å². The van der Waals surface area contributed by atoms with Crippen molar-refractivity contribution in [2.75, 3.05) is 12.4 Å². The van der Waals surface area contributed by atoms with Crippen LogP contribution in [-0.2, 0) is 38.1 Å². The van der Waals surface area contributed by atoms with E-state index in [4.69, 9.17) is 18.9 Å². The topological polar surface area (TPSA) is 184 Å². The van der Waals surface area contributed by atoms with Crippen molar-refractivity contribution < 1.29 is 57.9 Å². The molecule has 0 bridgehead atoms. The first kappa shape index (κ1) is 28.1. The lowest BCUT2D eigenvalue weighted by Gasteiger charge is -2.41. The Morgan fingerprint density at radius 1 is 0.842 bits per heavy atom. The van der Waals surface area contributed by atoms with Crippen LogP contribution in [0.1, 0.15) is 24.2 Å². The van der Waals surface area contributed by atoms with Crippen LogP contribution in [0.2, 0.25) is 0 Å². The fraction of sp³-hybridized carbons (Fsp3) is 0.320. The minimum absolute atomic E-state index is 0.0141. The molecular weight excluding hydrogens is 506 g/mol. The molecule has 13 nitrogen and oxygen atoms in total. The van der Waals surface area contributed by atoms with Crippen LogP contribution in [0.4, 0.5) is 10.5 Å². The molecule has 202 valence electrons. The van der Waals surface area contributed by atoms with Gasteiger partial charge in [-0.3, -0.25) is 14.9 Å². The highest BCUT2D eigenvalue weighted by Gasteiger charge is 2.54. The Kier molecular flexibility index (Phi) is 8.99. The summed E-state index contributed by atoms with van der Waals surface area (Å²) >= 11 is 0. The fourth-order valence-electron chi connectivity index (χ4n) is 3.85. The number of aromatic carboxylic acids is 1. The zero-order valence-corrected chi connectivity index (χ0v) is 20.5. The number of benzene rings is 2. The average Bonchev–Trinajstić information content (AvgIpc) is 2.87. The number of ether oxygens (including phenoxy) is 5. The molecule has 3 unspecified atom stereocenters. The van der Waals surface area contributed by atoms with Gasteiger partial charge in [0.15, 0.2) is 12.2 Å². The molecule has 38 heavy (non-hydrogen) atoms. The summed E-state index contributed by atoms with van der Waals surface area (Å²) in [6, 6.07) is 12.4. The second-order valence-corrected chi connectivity index (χ2v) is 8.01. The highest BCUT2D eigenvalue weighted by molar-refractivity contribution is 6.00. The number of methoxy groups -OCH3 is 1. The molecular formula is C25H25NO12. The Hall–Kier alpha value is -4.49. The molecule has 1 aliphatic heterocycles. The summed E-state index contributed by atoms with van der Waals surface area (Å²) in [5.74, 6) is -4.02. The van der Waals surface area contributed by atoms with Crippen LogP contribution >= 0.6 is 0 Å². The molecule has 1 fully saturated rings. The van der Waals surface area contributed by atoms with Crippen molar-refractivity contribution in [3.8, 4) is 11.1 Å². The van der Waals surface area contributed by atoms with Crippen molar-refractivity contribution in [1.82, 2.24) is 0 Å². The van der Waals surface area contributed by atoms with Gasteiger partial charge < -0.3 is 33.9 Å². The molecule has 1 aliphatic rings. The Labute approximate surface area is 216 Å². The zero-order chi connectivity index (χ0) is 28.0. The van der Waals surface area contributed by atoms with Gasteiger partial charge in [0.25, 0.3) is 0 Å². The molecule has 0 radical (unpaired) electrons. The SMILES string of the molecule is COC(=O)C1O[C@@H](OC(=O)Nc2ccccc2-c2ccccc2C(=O)O)C(OC(C)=O)C(OC(C)=O)[C@@H]1O. The van der Waals surface area contributed by atoms with Crippen LogP contribution in [-0.4, -0.2) is 78.0 Å². The monoisotopic (exact) mass is 531 g/mol. The number of esters is 3. The summed E-state index contributed by atoms with van der Waals surface area (Å²) in [5.41, 5.74) is 0.808. The van der Waals surface area contributed by atoms with Crippen molar-refractivity contribution in [3.05, 3.63) is 54.1 Å². The molecule has 13 heteroatoms. The second-order valence-electron chi connectivity index (χ2n) is 8.01. The number of carboxylic acid groups (broad SMARTS) is 1. The number of carbonyl (C=O) groups excluding carboxylic acids is 4. The number of hydrogen-bond donors (Lipinski definition) is 3. The summed E-state index contributed by atoms with van der Waals surface area (Å²) < 4.78 is 25.5. The summed E-state index contributed by atoms with van der Waals surface area (Å²) in [7, 11) is 1.02. The molecule has 2 aromatic rings. The van der Waals surface area contributed by atoms with Crippen molar-refractivity contribution in [3.63, 3.8) is 0 Å². The van der Waals surface area contributed by atoms with E-state index in [-0.39, 0.29) is 11.3 Å². The van der Waals surface area contributed by atoms with E-state index in [0.29, 0.717) is 11.1 Å². The molecule has 3 N–H and O–H groups in total. The quantitative estimate of drug-likeness (QED) is 0.348. The number of amides is 1. The number of anilines is 1. The van der Waals surface area contributed by atoms with Crippen LogP contribution in [0, 0.1) is 0 Å². The van der Waals surface area contributed by atoms with E-state index in [2.05, 4.69) is 10.1 Å². The maximum Gasteiger partial charge on any atom is 0.414 e. The van der Waals surface area contributed by atoms with Crippen molar-refractivity contribution in [1.29, 1.82) is 0 Å². The van der Waals surface area contributed by atoms with Gasteiger partial charge >= 0.3 is 30.0 Å². The van der Waals surface area contributed by atoms with Gasteiger partial charge in [0.05, 0.1) is 18.4 Å². The number of hydrogen-bond acceptors (Lipinski definition) is 11. The Balaban J connectivity index is 1.92. The summed E-state index contributed by atoms with van der Waals surface area (Å²) in [6.45, 7) is 2.05. The van der Waals surface area contributed by atoms with Gasteiger partial charge in [-0.2, -0.15) is 0 Å². The van der Waals surface area contributed by atoms with E-state index in [0.717, 1.165) is 21.0 Å². The van der Waals surface area contributed by atoms with Crippen molar-refractivity contribution >= 4 is 35.7 Å². The lowest BCUT2D eigenvalue weighted by molar-refractivity contribution is -0.285. The molecule has 0 aromatic heterocycles. The first-order valence-electron chi connectivity index (χ1n) is 11.2. The Morgan fingerprint density at radius 2 is 1.42 bits per heavy atom. The number of para-hydroxylation sites is 1. The fourth-order valence-corrected chi connectivity index (χ4v) is 3.85. The smallest absolute Gasteiger partial charge is 0.414 e. The van der Waals surface area contributed by atoms with Gasteiger partial charge in [-0.05, 0) is 17.7 Å². The molecule has 0 aliphatic carbocycles. The first-order valence-corrected chi connectivity index (χ1v) is 11.2. The maximum absolute atomic E-state index is 12.9. The van der Waals surface area contributed by atoms with Crippen molar-refractivity contribution in [2.45, 2.75) is 44.6 Å². The standard InChI is InChI=1S/C25H25NO12/c1-12(27)35-19-18(29)20(23(32)34-3)37-24(21(19)36-13(2)28)38-25(33)26-17-11-7-6-9-15(17)14-8-4-5-10-16(14)22(30)31/h4-11,18-21,24,29H,1-3H3,(H,26,33)(H,30,31)/t18-,19?,20?,21?,24-/m0/s1. The van der Waals surface area contributed by atoms with Gasteiger partial charge in [0.1, 0.15) is 6.10 Å². The van der Waals surface area contributed by atoms with Gasteiger partial charge in [-0.25, -0.2) is 14.4 Å². The molecule has 1 saturated heterocycles. The maximum atomic E-state index is 12.9. The van der Waals surface area contributed by atoms with Crippen molar-refractivity contribution in [2.24, 2.45) is 0 Å². The highest BCUT2D eigenvalue weighted by atomic mass is 16.7. The third-order valence-electron chi connectivity index (χ3n) is 5.39. The van der Waals surface area contributed by atoms with E-state index in [9.17, 15) is 34.2 Å². The molecule has 5 atom stereocenters. The van der Waals surface area contributed by atoms with Crippen LogP contribution in [0.3, 0.4) is 0 Å². The molecule has 1 heterocycles. The van der Waals surface area contributed by atoms with Crippen LogP contribution < -0.4 is 5.32 Å². The average molecular weight is 531 g/mol. The summed E-state index contributed by atoms with van der Waals surface area (Å²) in [4.78, 5) is 60.2. The number of rotatable bonds is 7. The number of carbonyl (C=O) groups is 5. The summed E-state index contributed by atoms with van der Waals surface area (Å²) in [5, 5.41) is 22.6. The first-order chi connectivity index (χ1) is 18.0. The van der Waals surface area contributed by atoms with E-state index < -0.39 is 60.7 Å². The number of nitrogens with one attached hydrogen (secondary N) is 1. The van der Waals surface area contributed by atoms with Gasteiger partial charge in [-0.1, -0.05) is 36.4 Å². The second kappa shape index (κ2) is 12.2. The lowest BCUT2D eigenvalue weighted by Crippen LogP contribution is -2.63. The van der Waals surface area contributed by atoms with E-state index in [1.165, 1.54) is 12.1 Å². The minimum atomic E-state index is -1.83. The van der Waals surface area contributed by atoms with Gasteiger partial charge in [-0.15, -0.1) is 0 Å². The highest BCUT2D eigenvalue weighted by Crippen LogP contribution is 2.32. The van der Waals surface area contributed by atoms with E-state index in [1.54, 1.807) is 36.4 Å². The number of aliphatic hydroxyl groups is 1. The molecule has 0 spiro atoms. The van der Waals surface area contributed by atoms with Crippen LogP contribution in [0.25, 0.3) is 11.1 Å².